The molecule has 1 amide bonds. The maximum Gasteiger partial charge on any atom is 0.316 e. The maximum atomic E-state index is 12.6. The highest BCUT2D eigenvalue weighted by molar-refractivity contribution is 7.86. The van der Waals surface area contributed by atoms with Crippen LogP contribution in [0.15, 0.2) is 24.3 Å². The zero-order chi connectivity index (χ0) is 13.5. The number of carbonyl (C=O) groups is 2. The number of halogens is 1. The first-order valence-electron chi connectivity index (χ1n) is 5.05. The molecule has 5 nitrogen and oxygen atoms in total. The molecule has 0 aliphatic heterocycles. The van der Waals surface area contributed by atoms with Crippen LogP contribution in [0, 0.1) is 5.82 Å². The van der Waals surface area contributed by atoms with Gasteiger partial charge in [-0.05, 0) is 17.7 Å². The van der Waals surface area contributed by atoms with Gasteiger partial charge in [0.05, 0.1) is 0 Å². The normalized spacial score (nSPS) is 11.8. The lowest BCUT2D eigenvalue weighted by molar-refractivity contribution is -0.133. The highest BCUT2D eigenvalue weighted by Crippen LogP contribution is 2.01. The Morgan fingerprint density at radius 1 is 1.22 bits per heavy atom. The molecule has 0 aromatic heterocycles. The van der Waals surface area contributed by atoms with Crippen LogP contribution in [-0.2, 0) is 26.9 Å². The smallest absolute Gasteiger partial charge is 0.316 e. The molecule has 7 heteroatoms. The predicted octanol–water partition coefficient (Wildman–Crippen LogP) is 0.275. The summed E-state index contributed by atoms with van der Waals surface area (Å²) in [6, 6.07) is 5.57. The van der Waals surface area contributed by atoms with Gasteiger partial charge in [0.25, 0.3) is 0 Å². The Kier molecular flexibility index (Phi) is 5.44. The Labute approximate surface area is 105 Å². The fourth-order valence-corrected chi connectivity index (χ4v) is 1.96. The topological polar surface area (TPSA) is 83.5 Å². The number of hydrogen-bond acceptors (Lipinski definition) is 3. The SMILES string of the molecule is O=C(O)C[S@@](=O)CC(=O)NCc1ccc(F)cc1. The first-order chi connectivity index (χ1) is 8.47. The number of amides is 1. The highest BCUT2D eigenvalue weighted by Gasteiger charge is 2.11. The molecule has 18 heavy (non-hydrogen) atoms. The van der Waals surface area contributed by atoms with Crippen LogP contribution in [0.25, 0.3) is 0 Å². The molecule has 2 N–H and O–H groups in total. The molecular weight excluding hydrogens is 261 g/mol. The molecule has 0 spiro atoms. The highest BCUT2D eigenvalue weighted by atomic mass is 32.2. The summed E-state index contributed by atoms with van der Waals surface area (Å²) in [6.45, 7) is 0.184. The summed E-state index contributed by atoms with van der Waals surface area (Å²) in [5.41, 5.74) is 0.703. The van der Waals surface area contributed by atoms with E-state index < -0.39 is 28.4 Å². The largest absolute Gasteiger partial charge is 0.481 e. The molecule has 1 aromatic rings. The first-order valence-corrected chi connectivity index (χ1v) is 6.54. The van der Waals surface area contributed by atoms with Gasteiger partial charge < -0.3 is 10.4 Å². The van der Waals surface area contributed by atoms with Crippen LogP contribution in [0.5, 0.6) is 0 Å². The minimum Gasteiger partial charge on any atom is -0.481 e. The van der Waals surface area contributed by atoms with Crippen LogP contribution in [0.1, 0.15) is 5.56 Å². The monoisotopic (exact) mass is 273 g/mol. The fourth-order valence-electron chi connectivity index (χ4n) is 1.19. The summed E-state index contributed by atoms with van der Waals surface area (Å²) in [5.74, 6) is -2.98. The Bertz CT molecular complexity index is 461. The molecule has 0 saturated heterocycles. The standard InChI is InChI=1S/C11H12FNO4S/c12-9-3-1-8(2-4-9)5-13-10(14)6-18(17)7-11(15)16/h1-4H,5-7H2,(H,13,14)(H,15,16)/t18-/m0/s1. The lowest BCUT2D eigenvalue weighted by atomic mass is 10.2. The van der Waals surface area contributed by atoms with Gasteiger partial charge in [-0.2, -0.15) is 0 Å². The minimum atomic E-state index is -1.71. The molecule has 1 atom stereocenters. The van der Waals surface area contributed by atoms with Gasteiger partial charge in [-0.3, -0.25) is 13.8 Å². The first kappa shape index (κ1) is 14.3. The zero-order valence-electron chi connectivity index (χ0n) is 9.39. The van der Waals surface area contributed by atoms with Gasteiger partial charge in [-0.25, -0.2) is 4.39 Å². The van der Waals surface area contributed by atoms with Crippen molar-refractivity contribution in [1.29, 1.82) is 0 Å². The van der Waals surface area contributed by atoms with Crippen molar-refractivity contribution < 1.29 is 23.3 Å². The molecule has 0 aliphatic carbocycles. The minimum absolute atomic E-state index is 0.184. The fraction of sp³-hybridized carbons (Fsp3) is 0.273. The Balaban J connectivity index is 2.35. The lowest BCUT2D eigenvalue weighted by Crippen LogP contribution is -2.29. The van der Waals surface area contributed by atoms with Crippen molar-refractivity contribution in [2.75, 3.05) is 11.5 Å². The Morgan fingerprint density at radius 3 is 2.39 bits per heavy atom. The van der Waals surface area contributed by atoms with E-state index in [1.165, 1.54) is 24.3 Å². The zero-order valence-corrected chi connectivity index (χ0v) is 10.2. The average molecular weight is 273 g/mol. The lowest BCUT2D eigenvalue weighted by Gasteiger charge is -2.04. The van der Waals surface area contributed by atoms with E-state index in [-0.39, 0.29) is 18.1 Å². The van der Waals surface area contributed by atoms with Crippen LogP contribution < -0.4 is 5.32 Å². The van der Waals surface area contributed by atoms with Crippen molar-refractivity contribution in [2.24, 2.45) is 0 Å². The van der Waals surface area contributed by atoms with E-state index in [0.29, 0.717) is 5.56 Å². The van der Waals surface area contributed by atoms with Crippen molar-refractivity contribution >= 4 is 22.7 Å². The number of nitrogens with one attached hydrogen (secondary N) is 1. The second kappa shape index (κ2) is 6.85. The van der Waals surface area contributed by atoms with Crippen LogP contribution in [0.2, 0.25) is 0 Å². The Hall–Kier alpha value is -1.76. The summed E-state index contributed by atoms with van der Waals surface area (Å²) in [7, 11) is -1.71. The van der Waals surface area contributed by atoms with E-state index in [9.17, 15) is 18.2 Å². The van der Waals surface area contributed by atoms with E-state index >= 15 is 0 Å². The number of rotatable bonds is 6. The van der Waals surface area contributed by atoms with E-state index in [4.69, 9.17) is 5.11 Å². The van der Waals surface area contributed by atoms with Gasteiger partial charge >= 0.3 is 5.97 Å². The summed E-state index contributed by atoms with van der Waals surface area (Å²) in [4.78, 5) is 21.5. The quantitative estimate of drug-likeness (QED) is 0.779. The van der Waals surface area contributed by atoms with Crippen molar-refractivity contribution in [2.45, 2.75) is 6.54 Å². The van der Waals surface area contributed by atoms with Gasteiger partial charge in [0.2, 0.25) is 5.91 Å². The predicted molar refractivity (Wildman–Crippen MR) is 63.8 cm³/mol. The number of carbonyl (C=O) groups excluding carboxylic acids is 1. The van der Waals surface area contributed by atoms with Crippen molar-refractivity contribution in [3.8, 4) is 0 Å². The molecular formula is C11H12FNO4S. The van der Waals surface area contributed by atoms with Crippen molar-refractivity contribution in [3.05, 3.63) is 35.6 Å². The number of benzene rings is 1. The molecule has 1 aromatic carbocycles. The molecule has 0 aliphatic rings. The van der Waals surface area contributed by atoms with Gasteiger partial charge in [0.15, 0.2) is 0 Å². The Morgan fingerprint density at radius 2 is 1.83 bits per heavy atom. The summed E-state index contributed by atoms with van der Waals surface area (Å²) >= 11 is 0. The van der Waals surface area contributed by atoms with Gasteiger partial charge in [0.1, 0.15) is 17.3 Å². The maximum absolute atomic E-state index is 12.6. The third-order valence-electron chi connectivity index (χ3n) is 1.98. The van der Waals surface area contributed by atoms with Crippen LogP contribution in [0.3, 0.4) is 0 Å². The summed E-state index contributed by atoms with van der Waals surface area (Å²) in [6.07, 6.45) is 0. The second-order valence-corrected chi connectivity index (χ2v) is 4.98. The molecule has 0 radical (unpaired) electrons. The number of aliphatic carboxylic acids is 1. The number of hydrogen-bond donors (Lipinski definition) is 2. The molecule has 0 bridgehead atoms. The van der Waals surface area contributed by atoms with Gasteiger partial charge in [0, 0.05) is 17.3 Å². The molecule has 0 heterocycles. The number of carboxylic acid groups (broad SMARTS) is 1. The van der Waals surface area contributed by atoms with E-state index in [2.05, 4.69) is 5.32 Å². The second-order valence-electron chi connectivity index (χ2n) is 3.53. The molecule has 0 unspecified atom stereocenters. The van der Waals surface area contributed by atoms with E-state index in [0.717, 1.165) is 0 Å². The van der Waals surface area contributed by atoms with Gasteiger partial charge in [-0.15, -0.1) is 0 Å². The molecule has 98 valence electrons. The molecule has 0 fully saturated rings. The third kappa shape index (κ3) is 5.53. The van der Waals surface area contributed by atoms with Crippen LogP contribution >= 0.6 is 0 Å². The van der Waals surface area contributed by atoms with E-state index in [1.807, 2.05) is 0 Å². The van der Waals surface area contributed by atoms with E-state index in [1.54, 1.807) is 0 Å². The third-order valence-corrected chi connectivity index (χ3v) is 3.13. The number of carboxylic acids is 1. The average Bonchev–Trinajstić information content (AvgIpc) is 2.27. The summed E-state index contributed by atoms with van der Waals surface area (Å²) < 4.78 is 23.7. The summed E-state index contributed by atoms with van der Waals surface area (Å²) in [5, 5.41) is 10.8. The van der Waals surface area contributed by atoms with Crippen molar-refractivity contribution in [1.82, 2.24) is 5.32 Å². The molecule has 0 saturated carbocycles. The van der Waals surface area contributed by atoms with Crippen molar-refractivity contribution in [3.63, 3.8) is 0 Å². The van der Waals surface area contributed by atoms with Gasteiger partial charge in [-0.1, -0.05) is 12.1 Å². The molecule has 1 rings (SSSR count). The van der Waals surface area contributed by atoms with Crippen LogP contribution in [0.4, 0.5) is 4.39 Å². The van der Waals surface area contributed by atoms with Crippen LogP contribution in [-0.4, -0.2) is 32.7 Å².